The van der Waals surface area contributed by atoms with E-state index in [0.717, 1.165) is 12.1 Å². The highest BCUT2D eigenvalue weighted by Crippen LogP contribution is 2.07. The van der Waals surface area contributed by atoms with Crippen molar-refractivity contribution in [3.8, 4) is 0 Å². The quantitative estimate of drug-likeness (QED) is 0.801. The third-order valence-electron chi connectivity index (χ3n) is 3.83. The van der Waals surface area contributed by atoms with E-state index in [2.05, 4.69) is 10.3 Å². The van der Waals surface area contributed by atoms with Gasteiger partial charge in [0.15, 0.2) is 0 Å². The molecule has 25 heavy (non-hydrogen) atoms. The van der Waals surface area contributed by atoms with Crippen LogP contribution >= 0.6 is 0 Å². The molecule has 1 N–H and O–H groups in total. The van der Waals surface area contributed by atoms with Gasteiger partial charge in [0, 0.05) is 38.6 Å². The van der Waals surface area contributed by atoms with Crippen molar-refractivity contribution in [2.24, 2.45) is 0 Å². The molecule has 0 bridgehead atoms. The van der Waals surface area contributed by atoms with Gasteiger partial charge in [-0.1, -0.05) is 24.3 Å². The summed E-state index contributed by atoms with van der Waals surface area (Å²) in [6.45, 7) is 2.26. The number of carbonyl (C=O) groups is 1. The summed E-state index contributed by atoms with van der Waals surface area (Å²) < 4.78 is 13.6. The summed E-state index contributed by atoms with van der Waals surface area (Å²) in [5.41, 5.74) is 1.58. The Morgan fingerprint density at radius 3 is 2.64 bits per heavy atom. The van der Waals surface area contributed by atoms with Crippen molar-refractivity contribution in [3.05, 3.63) is 65.7 Å². The Balaban J connectivity index is 1.91. The van der Waals surface area contributed by atoms with Gasteiger partial charge in [-0.05, 0) is 43.8 Å². The minimum atomic E-state index is -0.239. The van der Waals surface area contributed by atoms with Crippen LogP contribution < -0.4 is 5.32 Å². The van der Waals surface area contributed by atoms with E-state index < -0.39 is 0 Å². The predicted octanol–water partition coefficient (Wildman–Crippen LogP) is 2.54. The summed E-state index contributed by atoms with van der Waals surface area (Å²) >= 11 is 0. The topological polar surface area (TPSA) is 48.5 Å². The number of nitrogens with zero attached hydrogens (tertiary/aromatic N) is 3. The van der Waals surface area contributed by atoms with Gasteiger partial charge in [0.05, 0.1) is 0 Å². The number of amides is 2. The van der Waals surface area contributed by atoms with Crippen molar-refractivity contribution >= 4 is 6.03 Å². The Hall–Kier alpha value is -2.47. The second-order valence-corrected chi connectivity index (χ2v) is 6.16. The Morgan fingerprint density at radius 1 is 1.16 bits per heavy atom. The van der Waals surface area contributed by atoms with Gasteiger partial charge in [0.2, 0.25) is 0 Å². The zero-order chi connectivity index (χ0) is 18.1. The molecule has 6 heteroatoms. The van der Waals surface area contributed by atoms with E-state index in [1.54, 1.807) is 35.5 Å². The Labute approximate surface area is 148 Å². The number of nitrogens with one attached hydrogen (secondary N) is 1. The first-order valence-electron chi connectivity index (χ1n) is 8.36. The van der Waals surface area contributed by atoms with Gasteiger partial charge in [-0.2, -0.15) is 0 Å². The maximum absolute atomic E-state index is 13.6. The van der Waals surface area contributed by atoms with E-state index in [-0.39, 0.29) is 11.8 Å². The fraction of sp³-hybridized carbons (Fsp3) is 0.368. The van der Waals surface area contributed by atoms with Gasteiger partial charge in [-0.3, -0.25) is 4.98 Å². The summed E-state index contributed by atoms with van der Waals surface area (Å²) in [5.74, 6) is -0.239. The summed E-state index contributed by atoms with van der Waals surface area (Å²) in [6, 6.07) is 10.3. The van der Waals surface area contributed by atoms with Crippen LogP contribution in [0.4, 0.5) is 9.18 Å². The molecule has 1 aromatic heterocycles. The molecular weight excluding hydrogens is 319 g/mol. The maximum Gasteiger partial charge on any atom is 0.317 e. The van der Waals surface area contributed by atoms with Gasteiger partial charge in [0.1, 0.15) is 5.82 Å². The number of urea groups is 1. The molecule has 0 aliphatic rings. The Morgan fingerprint density at radius 2 is 1.96 bits per heavy atom. The molecule has 2 aromatic rings. The molecule has 1 aromatic carbocycles. The van der Waals surface area contributed by atoms with Crippen LogP contribution in [0.2, 0.25) is 0 Å². The third-order valence-corrected chi connectivity index (χ3v) is 3.83. The molecule has 2 rings (SSSR count). The zero-order valence-corrected chi connectivity index (χ0v) is 14.8. The molecule has 1 heterocycles. The van der Waals surface area contributed by atoms with E-state index in [4.69, 9.17) is 0 Å². The van der Waals surface area contributed by atoms with Crippen LogP contribution in [0.5, 0.6) is 0 Å². The molecule has 0 saturated carbocycles. The lowest BCUT2D eigenvalue weighted by atomic mass is 10.1. The molecule has 0 fully saturated rings. The predicted molar refractivity (Wildman–Crippen MR) is 96.7 cm³/mol. The van der Waals surface area contributed by atoms with Crippen LogP contribution in [0.25, 0.3) is 0 Å². The van der Waals surface area contributed by atoms with Crippen LogP contribution in [-0.2, 0) is 13.0 Å². The number of hydrogen-bond donors (Lipinski definition) is 1. The molecule has 2 amide bonds. The van der Waals surface area contributed by atoms with Crippen LogP contribution in [0.15, 0.2) is 48.8 Å². The second-order valence-electron chi connectivity index (χ2n) is 6.16. The van der Waals surface area contributed by atoms with Gasteiger partial charge >= 0.3 is 6.03 Å². The summed E-state index contributed by atoms with van der Waals surface area (Å²) in [7, 11) is 3.94. The largest absolute Gasteiger partial charge is 0.338 e. The van der Waals surface area contributed by atoms with Crippen LogP contribution in [-0.4, -0.2) is 54.5 Å². The minimum Gasteiger partial charge on any atom is -0.338 e. The van der Waals surface area contributed by atoms with Gasteiger partial charge < -0.3 is 15.1 Å². The monoisotopic (exact) mass is 344 g/mol. The molecule has 5 nitrogen and oxygen atoms in total. The van der Waals surface area contributed by atoms with Crippen molar-refractivity contribution < 1.29 is 9.18 Å². The number of carbonyl (C=O) groups excluding carboxylic acids is 1. The molecule has 0 aliphatic carbocycles. The fourth-order valence-electron chi connectivity index (χ4n) is 2.40. The SMILES string of the molecule is CN(C)CCN(Cc1cccnc1)C(=O)NCCc1ccccc1F. The number of hydrogen-bond acceptors (Lipinski definition) is 3. The third kappa shape index (κ3) is 6.51. The summed E-state index contributed by atoms with van der Waals surface area (Å²) in [6.07, 6.45) is 3.93. The minimum absolute atomic E-state index is 0.151. The van der Waals surface area contributed by atoms with Crippen molar-refractivity contribution in [2.75, 3.05) is 33.7 Å². The smallest absolute Gasteiger partial charge is 0.317 e. The van der Waals surface area contributed by atoms with Crippen molar-refractivity contribution in [2.45, 2.75) is 13.0 Å². The van der Waals surface area contributed by atoms with Crippen LogP contribution in [0.3, 0.4) is 0 Å². The van der Waals surface area contributed by atoms with Gasteiger partial charge in [-0.25, -0.2) is 9.18 Å². The average Bonchev–Trinajstić information content (AvgIpc) is 2.61. The Kier molecular flexibility index (Phi) is 7.35. The molecule has 0 radical (unpaired) electrons. The van der Waals surface area contributed by atoms with Gasteiger partial charge in [0.25, 0.3) is 0 Å². The summed E-state index contributed by atoms with van der Waals surface area (Å²) in [5, 5.41) is 2.88. The van der Waals surface area contributed by atoms with Crippen LogP contribution in [0, 0.1) is 5.82 Å². The first-order valence-corrected chi connectivity index (χ1v) is 8.36. The lowest BCUT2D eigenvalue weighted by molar-refractivity contribution is 0.189. The number of benzene rings is 1. The molecule has 0 unspecified atom stereocenters. The van der Waals surface area contributed by atoms with Crippen LogP contribution in [0.1, 0.15) is 11.1 Å². The number of aromatic nitrogens is 1. The number of halogens is 1. The molecular formula is C19H25FN4O. The molecule has 0 spiro atoms. The number of pyridine rings is 1. The number of rotatable bonds is 8. The molecule has 0 aliphatic heterocycles. The standard InChI is InChI=1S/C19H25FN4O/c1-23(2)12-13-24(15-16-6-5-10-21-14-16)19(25)22-11-9-17-7-3-4-8-18(17)20/h3-8,10,14H,9,11-13,15H2,1-2H3,(H,22,25). The lowest BCUT2D eigenvalue weighted by Gasteiger charge is -2.24. The fourth-order valence-corrected chi connectivity index (χ4v) is 2.40. The average molecular weight is 344 g/mol. The Bertz CT molecular complexity index is 663. The first kappa shape index (κ1) is 18.9. The maximum atomic E-state index is 13.6. The van der Waals surface area contributed by atoms with Gasteiger partial charge in [-0.15, -0.1) is 0 Å². The highest BCUT2D eigenvalue weighted by molar-refractivity contribution is 5.74. The molecule has 0 atom stereocenters. The summed E-state index contributed by atoms with van der Waals surface area (Å²) in [4.78, 5) is 20.4. The number of likely N-dealkylation sites (N-methyl/N-ethyl adjacent to an activating group) is 1. The van der Waals surface area contributed by atoms with E-state index >= 15 is 0 Å². The van der Waals surface area contributed by atoms with E-state index in [1.165, 1.54) is 6.07 Å². The lowest BCUT2D eigenvalue weighted by Crippen LogP contribution is -2.43. The highest BCUT2D eigenvalue weighted by Gasteiger charge is 2.14. The van der Waals surface area contributed by atoms with E-state index in [0.29, 0.717) is 31.6 Å². The highest BCUT2D eigenvalue weighted by atomic mass is 19.1. The first-order chi connectivity index (χ1) is 12.1. The van der Waals surface area contributed by atoms with Crippen molar-refractivity contribution in [1.29, 1.82) is 0 Å². The normalized spacial score (nSPS) is 10.7. The van der Waals surface area contributed by atoms with E-state index in [1.807, 2.05) is 31.1 Å². The van der Waals surface area contributed by atoms with Crippen molar-refractivity contribution in [1.82, 2.24) is 20.1 Å². The zero-order valence-electron chi connectivity index (χ0n) is 14.8. The van der Waals surface area contributed by atoms with E-state index in [9.17, 15) is 9.18 Å². The molecule has 134 valence electrons. The second kappa shape index (κ2) is 9.74. The van der Waals surface area contributed by atoms with Crippen molar-refractivity contribution in [3.63, 3.8) is 0 Å². The molecule has 0 saturated heterocycles.